The summed E-state index contributed by atoms with van der Waals surface area (Å²) in [5.74, 6) is 0. The average molecular weight is 178 g/mol. The van der Waals surface area contributed by atoms with Gasteiger partial charge in [-0.3, -0.25) is 0 Å². The van der Waals surface area contributed by atoms with E-state index in [0.29, 0.717) is 0 Å². The summed E-state index contributed by atoms with van der Waals surface area (Å²) >= 11 is 0. The second-order valence-corrected chi connectivity index (χ2v) is 3.93. The highest BCUT2D eigenvalue weighted by Crippen LogP contribution is 2.16. The summed E-state index contributed by atoms with van der Waals surface area (Å²) in [5.41, 5.74) is 5.05. The van der Waals surface area contributed by atoms with Crippen LogP contribution in [0.4, 0.5) is 0 Å². The van der Waals surface area contributed by atoms with Gasteiger partial charge in [0.05, 0.1) is 0 Å². The van der Waals surface area contributed by atoms with E-state index in [0.717, 1.165) is 5.57 Å². The molecule has 1 rings (SSSR count). The lowest BCUT2D eigenvalue weighted by atomic mass is 10.0. The van der Waals surface area contributed by atoms with E-state index in [-0.39, 0.29) is 0 Å². The van der Waals surface area contributed by atoms with Gasteiger partial charge >= 0.3 is 0 Å². The largest absolute Gasteiger partial charge is 0.105 e. The van der Waals surface area contributed by atoms with Gasteiger partial charge in [0.15, 0.2) is 0 Å². The Morgan fingerprint density at radius 3 is 2.25 bits per heavy atom. The maximum absolute atomic E-state index is 3.94. The van der Waals surface area contributed by atoms with Crippen molar-refractivity contribution in [2.45, 2.75) is 20.8 Å². The van der Waals surface area contributed by atoms with Crippen molar-refractivity contribution in [3.63, 3.8) is 0 Å². The lowest BCUT2D eigenvalue weighted by molar-refractivity contribution is 1.34. The summed E-state index contributed by atoms with van der Waals surface area (Å²) in [4.78, 5) is 0. The van der Waals surface area contributed by atoms with Crippen molar-refractivity contribution >= 4 is 20.1 Å². The maximum Gasteiger partial charge on any atom is -0.0159 e. The molecule has 1 aromatic rings. The van der Waals surface area contributed by atoms with Crippen LogP contribution in [0.25, 0.3) is 5.57 Å². The molecule has 0 heterocycles. The second-order valence-electron chi connectivity index (χ2n) is 3.30. The van der Waals surface area contributed by atoms with Gasteiger partial charge in [-0.2, -0.15) is 0 Å². The minimum absolute atomic E-state index is 1.13. The normalized spacial score (nSPS) is 10.0. The molecule has 1 aromatic carbocycles. The molecule has 0 spiro atoms. The first kappa shape index (κ1) is 9.48. The van der Waals surface area contributed by atoms with Crippen LogP contribution in [0.2, 0.25) is 0 Å². The molecule has 0 radical (unpaired) electrons. The van der Waals surface area contributed by atoms with Crippen LogP contribution in [0.15, 0.2) is 18.7 Å². The van der Waals surface area contributed by atoms with Gasteiger partial charge in [0.25, 0.3) is 0 Å². The van der Waals surface area contributed by atoms with Crippen LogP contribution in [0.1, 0.15) is 23.6 Å². The van der Waals surface area contributed by atoms with Crippen molar-refractivity contribution in [2.24, 2.45) is 0 Å². The van der Waals surface area contributed by atoms with E-state index in [1.54, 1.807) is 0 Å². The molecule has 0 aromatic heterocycles. The Labute approximate surface area is 76.9 Å². The standard InChI is InChI=1S/C11H15P/c1-7(2)10-5-8(3)9(4)6-11(10)12/h5-6H,1,12H2,2-4H3. The molecule has 0 aliphatic heterocycles. The fourth-order valence-corrected chi connectivity index (χ4v) is 1.79. The summed E-state index contributed by atoms with van der Waals surface area (Å²) in [5, 5.41) is 1.24. The van der Waals surface area contributed by atoms with Crippen molar-refractivity contribution < 1.29 is 0 Å². The average Bonchev–Trinajstić information content (AvgIpc) is 1.96. The first-order chi connectivity index (χ1) is 5.52. The highest BCUT2D eigenvalue weighted by Gasteiger charge is 2.01. The molecule has 1 atom stereocenters. The van der Waals surface area contributed by atoms with E-state index in [4.69, 9.17) is 0 Å². The Morgan fingerprint density at radius 1 is 1.25 bits per heavy atom. The van der Waals surface area contributed by atoms with Gasteiger partial charge in [-0.25, -0.2) is 0 Å². The highest BCUT2D eigenvalue weighted by molar-refractivity contribution is 7.27. The molecule has 0 N–H and O–H groups in total. The van der Waals surface area contributed by atoms with Crippen LogP contribution in [0.3, 0.4) is 0 Å². The van der Waals surface area contributed by atoms with Crippen molar-refractivity contribution in [1.29, 1.82) is 0 Å². The molecule has 0 fully saturated rings. The van der Waals surface area contributed by atoms with Crippen LogP contribution in [0, 0.1) is 13.8 Å². The summed E-state index contributed by atoms with van der Waals surface area (Å²) < 4.78 is 0. The molecular formula is C11H15P. The lowest BCUT2D eigenvalue weighted by Crippen LogP contribution is -2.01. The van der Waals surface area contributed by atoms with Gasteiger partial charge in [0, 0.05) is 0 Å². The molecule has 0 amide bonds. The molecule has 0 aliphatic rings. The molecule has 0 nitrogen and oxygen atoms in total. The van der Waals surface area contributed by atoms with E-state index >= 15 is 0 Å². The van der Waals surface area contributed by atoms with Crippen molar-refractivity contribution in [3.05, 3.63) is 35.4 Å². The Bertz CT molecular complexity index is 324. The Kier molecular flexibility index (Phi) is 2.69. The van der Waals surface area contributed by atoms with E-state index in [2.05, 4.69) is 41.8 Å². The summed E-state index contributed by atoms with van der Waals surface area (Å²) in [6.07, 6.45) is 0. The SMILES string of the molecule is C=C(C)c1cc(C)c(C)cc1P. The molecule has 0 saturated carbocycles. The van der Waals surface area contributed by atoms with Crippen LogP contribution in [-0.2, 0) is 0 Å². The first-order valence-electron chi connectivity index (χ1n) is 4.05. The Morgan fingerprint density at radius 2 is 1.75 bits per heavy atom. The van der Waals surface area contributed by atoms with E-state index < -0.39 is 0 Å². The fourth-order valence-electron chi connectivity index (χ4n) is 1.21. The van der Waals surface area contributed by atoms with E-state index in [1.807, 2.05) is 6.92 Å². The van der Waals surface area contributed by atoms with Crippen molar-refractivity contribution in [1.82, 2.24) is 0 Å². The number of hydrogen-bond donors (Lipinski definition) is 0. The Balaban J connectivity index is 3.33. The van der Waals surface area contributed by atoms with Gasteiger partial charge in [0.1, 0.15) is 0 Å². The second kappa shape index (κ2) is 3.41. The molecule has 0 aliphatic carbocycles. The monoisotopic (exact) mass is 178 g/mol. The minimum Gasteiger partial charge on any atom is -0.105 e. The van der Waals surface area contributed by atoms with Gasteiger partial charge in [-0.15, -0.1) is 9.24 Å². The van der Waals surface area contributed by atoms with Crippen LogP contribution in [0.5, 0.6) is 0 Å². The maximum atomic E-state index is 3.94. The molecular weight excluding hydrogens is 163 g/mol. The van der Waals surface area contributed by atoms with Crippen LogP contribution < -0.4 is 5.30 Å². The molecule has 0 saturated heterocycles. The predicted octanol–water partition coefficient (Wildman–Crippen LogP) is 2.84. The molecule has 64 valence electrons. The van der Waals surface area contributed by atoms with E-state index in [1.165, 1.54) is 22.0 Å². The summed E-state index contributed by atoms with van der Waals surface area (Å²) in [7, 11) is 2.75. The molecule has 0 bridgehead atoms. The van der Waals surface area contributed by atoms with Crippen molar-refractivity contribution in [3.8, 4) is 0 Å². The third-order valence-electron chi connectivity index (χ3n) is 2.13. The van der Waals surface area contributed by atoms with Gasteiger partial charge in [0.2, 0.25) is 0 Å². The summed E-state index contributed by atoms with van der Waals surface area (Å²) in [6.45, 7) is 10.2. The predicted molar refractivity (Wildman–Crippen MR) is 60.0 cm³/mol. The highest BCUT2D eigenvalue weighted by atomic mass is 31.0. The minimum atomic E-state index is 1.13. The topological polar surface area (TPSA) is 0 Å². The lowest BCUT2D eigenvalue weighted by Gasteiger charge is -2.08. The number of benzene rings is 1. The zero-order valence-corrected chi connectivity index (χ0v) is 9.09. The quantitative estimate of drug-likeness (QED) is 0.580. The van der Waals surface area contributed by atoms with Gasteiger partial charge in [-0.1, -0.05) is 24.3 Å². The van der Waals surface area contributed by atoms with E-state index in [9.17, 15) is 0 Å². The fraction of sp³-hybridized carbons (Fsp3) is 0.273. The van der Waals surface area contributed by atoms with Crippen LogP contribution in [-0.4, -0.2) is 0 Å². The summed E-state index contributed by atoms with van der Waals surface area (Å²) in [6, 6.07) is 4.38. The third-order valence-corrected chi connectivity index (χ3v) is 2.60. The molecule has 12 heavy (non-hydrogen) atoms. The zero-order valence-electron chi connectivity index (χ0n) is 7.94. The van der Waals surface area contributed by atoms with Gasteiger partial charge in [-0.05, 0) is 42.8 Å². The smallest absolute Gasteiger partial charge is 0.0159 e. The number of allylic oxidation sites excluding steroid dienone is 1. The number of rotatable bonds is 1. The number of hydrogen-bond acceptors (Lipinski definition) is 0. The molecule has 1 unspecified atom stereocenters. The third kappa shape index (κ3) is 1.76. The van der Waals surface area contributed by atoms with Crippen LogP contribution >= 0.6 is 9.24 Å². The number of aryl methyl sites for hydroxylation is 2. The molecule has 1 heteroatoms. The first-order valence-corrected chi connectivity index (χ1v) is 4.62. The van der Waals surface area contributed by atoms with Crippen molar-refractivity contribution in [2.75, 3.05) is 0 Å². The van der Waals surface area contributed by atoms with Gasteiger partial charge < -0.3 is 0 Å². The zero-order chi connectivity index (χ0) is 9.30. The Hall–Kier alpha value is -0.610.